The van der Waals surface area contributed by atoms with E-state index in [0.29, 0.717) is 6.54 Å². The number of halogens is 1. The van der Waals surface area contributed by atoms with E-state index in [0.717, 1.165) is 19.3 Å². The molecule has 0 aromatic carbocycles. The minimum absolute atomic E-state index is 0.00863. The molecule has 0 radical (unpaired) electrons. The molecule has 1 saturated carbocycles. The molecule has 19 heavy (non-hydrogen) atoms. The second-order valence-corrected chi connectivity index (χ2v) is 4.96. The predicted octanol–water partition coefficient (Wildman–Crippen LogP) is 2.33. The van der Waals surface area contributed by atoms with E-state index in [-0.39, 0.29) is 28.1 Å². The van der Waals surface area contributed by atoms with Crippen molar-refractivity contribution in [1.82, 2.24) is 9.97 Å². The largest absolute Gasteiger partial charge is 0.376 e. The summed E-state index contributed by atoms with van der Waals surface area (Å²) in [5.41, 5.74) is -0.151. The van der Waals surface area contributed by atoms with Crippen molar-refractivity contribution in [3.05, 3.63) is 21.1 Å². The molecule has 1 aliphatic carbocycles. The number of ether oxygens (including phenoxy) is 1. The van der Waals surface area contributed by atoms with E-state index in [1.165, 1.54) is 6.92 Å². The van der Waals surface area contributed by atoms with Gasteiger partial charge in [0.05, 0.1) is 10.5 Å². The summed E-state index contributed by atoms with van der Waals surface area (Å²) in [5, 5.41) is 14.0. The highest BCUT2D eigenvalue weighted by atomic mass is 35.5. The van der Waals surface area contributed by atoms with Crippen LogP contribution in [0.25, 0.3) is 0 Å². The highest BCUT2D eigenvalue weighted by molar-refractivity contribution is 6.28. The van der Waals surface area contributed by atoms with Crippen LogP contribution in [0.4, 0.5) is 11.5 Å². The molecule has 0 aliphatic heterocycles. The van der Waals surface area contributed by atoms with E-state index in [1.54, 1.807) is 7.11 Å². The van der Waals surface area contributed by atoms with Crippen molar-refractivity contribution in [3.63, 3.8) is 0 Å². The molecule has 7 nitrogen and oxygen atoms in total. The average Bonchev–Trinajstić information content (AvgIpc) is 2.26. The molecule has 0 spiro atoms. The molecule has 0 atom stereocenters. The van der Waals surface area contributed by atoms with Gasteiger partial charge in [0.2, 0.25) is 11.1 Å². The molecule has 104 valence electrons. The van der Waals surface area contributed by atoms with Gasteiger partial charge in [-0.3, -0.25) is 10.1 Å². The zero-order valence-corrected chi connectivity index (χ0v) is 11.5. The summed E-state index contributed by atoms with van der Waals surface area (Å²) in [6.07, 6.45) is 2.96. The Labute approximate surface area is 115 Å². The van der Waals surface area contributed by atoms with E-state index in [4.69, 9.17) is 16.3 Å². The van der Waals surface area contributed by atoms with Crippen molar-refractivity contribution < 1.29 is 9.66 Å². The lowest BCUT2D eigenvalue weighted by atomic mass is 9.80. The van der Waals surface area contributed by atoms with Crippen LogP contribution in [0.15, 0.2) is 0 Å². The van der Waals surface area contributed by atoms with Gasteiger partial charge < -0.3 is 10.1 Å². The van der Waals surface area contributed by atoms with Crippen LogP contribution in [0.1, 0.15) is 25.0 Å². The number of aromatic nitrogens is 2. The molecule has 0 bridgehead atoms. The molecule has 1 fully saturated rings. The lowest BCUT2D eigenvalue weighted by Crippen LogP contribution is -2.45. The third-order valence-corrected chi connectivity index (χ3v) is 3.66. The first-order chi connectivity index (χ1) is 8.97. The Morgan fingerprint density at radius 2 is 2.21 bits per heavy atom. The fourth-order valence-electron chi connectivity index (χ4n) is 2.14. The van der Waals surface area contributed by atoms with Gasteiger partial charge >= 0.3 is 5.69 Å². The van der Waals surface area contributed by atoms with Crippen LogP contribution in [-0.2, 0) is 4.74 Å². The normalized spacial score (nSPS) is 16.8. The van der Waals surface area contributed by atoms with E-state index in [1.807, 2.05) is 0 Å². The SMILES string of the molecule is COC1(CNc2nc(Cl)nc(C)c2[N+](=O)[O-])CCC1. The van der Waals surface area contributed by atoms with Crippen LogP contribution in [-0.4, -0.2) is 34.1 Å². The summed E-state index contributed by atoms with van der Waals surface area (Å²) < 4.78 is 5.45. The maximum Gasteiger partial charge on any atom is 0.332 e. The highest BCUT2D eigenvalue weighted by Gasteiger charge is 2.37. The first kappa shape index (κ1) is 14.0. The molecule has 1 heterocycles. The molecule has 0 unspecified atom stereocenters. The summed E-state index contributed by atoms with van der Waals surface area (Å²) >= 11 is 5.74. The molecular formula is C11H15ClN4O3. The number of nitrogens with one attached hydrogen (secondary N) is 1. The molecule has 1 N–H and O–H groups in total. The predicted molar refractivity (Wildman–Crippen MR) is 70.5 cm³/mol. The van der Waals surface area contributed by atoms with Gasteiger partial charge in [-0.05, 0) is 37.8 Å². The zero-order chi connectivity index (χ0) is 14.0. The van der Waals surface area contributed by atoms with E-state index in [9.17, 15) is 10.1 Å². The third-order valence-electron chi connectivity index (χ3n) is 3.49. The molecule has 1 aliphatic rings. The van der Waals surface area contributed by atoms with Crippen LogP contribution in [0.5, 0.6) is 0 Å². The fraction of sp³-hybridized carbons (Fsp3) is 0.636. The lowest BCUT2D eigenvalue weighted by molar-refractivity contribution is -0.385. The highest BCUT2D eigenvalue weighted by Crippen LogP contribution is 2.36. The Bertz CT molecular complexity index is 499. The second kappa shape index (κ2) is 5.26. The Morgan fingerprint density at radius 1 is 1.53 bits per heavy atom. The Kier molecular flexibility index (Phi) is 3.86. The maximum absolute atomic E-state index is 11.0. The Balaban J connectivity index is 2.21. The number of hydrogen-bond donors (Lipinski definition) is 1. The zero-order valence-electron chi connectivity index (χ0n) is 10.8. The minimum atomic E-state index is -0.506. The molecule has 0 saturated heterocycles. The topological polar surface area (TPSA) is 90.2 Å². The summed E-state index contributed by atoms with van der Waals surface area (Å²) in [6.45, 7) is 2.00. The molecule has 1 aromatic heterocycles. The van der Waals surface area contributed by atoms with E-state index < -0.39 is 4.92 Å². The van der Waals surface area contributed by atoms with Crippen LogP contribution in [0.3, 0.4) is 0 Å². The van der Waals surface area contributed by atoms with Crippen LogP contribution < -0.4 is 5.32 Å². The van der Waals surface area contributed by atoms with Crippen molar-refractivity contribution >= 4 is 23.1 Å². The number of aryl methyl sites for hydroxylation is 1. The van der Waals surface area contributed by atoms with Crippen LogP contribution in [0.2, 0.25) is 5.28 Å². The smallest absolute Gasteiger partial charge is 0.332 e. The molecule has 2 rings (SSSR count). The fourth-order valence-corrected chi connectivity index (χ4v) is 2.36. The van der Waals surface area contributed by atoms with E-state index >= 15 is 0 Å². The summed E-state index contributed by atoms with van der Waals surface area (Å²) in [6, 6.07) is 0. The van der Waals surface area contributed by atoms with Crippen molar-refractivity contribution in [3.8, 4) is 0 Å². The van der Waals surface area contributed by atoms with Crippen molar-refractivity contribution in [2.24, 2.45) is 0 Å². The number of methoxy groups -OCH3 is 1. The van der Waals surface area contributed by atoms with Gasteiger partial charge in [-0.25, -0.2) is 4.98 Å². The van der Waals surface area contributed by atoms with Gasteiger partial charge in [0.15, 0.2) is 0 Å². The van der Waals surface area contributed by atoms with Gasteiger partial charge in [0.1, 0.15) is 5.69 Å². The molecular weight excluding hydrogens is 272 g/mol. The lowest BCUT2D eigenvalue weighted by Gasteiger charge is -2.40. The van der Waals surface area contributed by atoms with Crippen molar-refractivity contribution in [1.29, 1.82) is 0 Å². The van der Waals surface area contributed by atoms with E-state index in [2.05, 4.69) is 15.3 Å². The van der Waals surface area contributed by atoms with Crippen molar-refractivity contribution in [2.45, 2.75) is 31.8 Å². The average molecular weight is 287 g/mol. The summed E-state index contributed by atoms with van der Waals surface area (Å²) in [5.74, 6) is 0.144. The molecule has 1 aromatic rings. The molecule has 8 heteroatoms. The quantitative estimate of drug-likeness (QED) is 0.507. The number of nitrogens with zero attached hydrogens (tertiary/aromatic N) is 3. The van der Waals surface area contributed by atoms with Gasteiger partial charge in [-0.15, -0.1) is 0 Å². The monoisotopic (exact) mass is 286 g/mol. The first-order valence-corrected chi connectivity index (χ1v) is 6.33. The number of hydrogen-bond acceptors (Lipinski definition) is 6. The summed E-state index contributed by atoms with van der Waals surface area (Å²) in [4.78, 5) is 18.2. The Morgan fingerprint density at radius 3 is 2.68 bits per heavy atom. The van der Waals surface area contributed by atoms with Crippen molar-refractivity contribution in [2.75, 3.05) is 19.0 Å². The standard InChI is InChI=1S/C11H15ClN4O3/c1-7-8(16(17)18)9(15-10(12)14-7)13-6-11(19-2)4-3-5-11/h3-6H2,1-2H3,(H,13,14,15). The van der Waals surface area contributed by atoms with Gasteiger partial charge in [-0.1, -0.05) is 0 Å². The number of rotatable bonds is 5. The third kappa shape index (κ3) is 2.76. The first-order valence-electron chi connectivity index (χ1n) is 5.95. The minimum Gasteiger partial charge on any atom is -0.376 e. The maximum atomic E-state index is 11.0. The summed E-state index contributed by atoms with van der Waals surface area (Å²) in [7, 11) is 1.65. The number of nitro groups is 1. The second-order valence-electron chi connectivity index (χ2n) is 4.63. The molecule has 0 amide bonds. The Hall–Kier alpha value is -1.47. The van der Waals surface area contributed by atoms with Gasteiger partial charge in [0.25, 0.3) is 0 Å². The van der Waals surface area contributed by atoms with Gasteiger partial charge in [0, 0.05) is 13.7 Å². The van der Waals surface area contributed by atoms with Crippen LogP contribution >= 0.6 is 11.6 Å². The number of anilines is 1. The van der Waals surface area contributed by atoms with Gasteiger partial charge in [-0.2, -0.15) is 4.98 Å². The van der Waals surface area contributed by atoms with Crippen LogP contribution in [0, 0.1) is 17.0 Å².